The van der Waals surface area contributed by atoms with Crippen LogP contribution < -0.4 is 10.5 Å². The van der Waals surface area contributed by atoms with E-state index >= 15 is 0 Å². The number of hydrogen-bond acceptors (Lipinski definition) is 12. The Morgan fingerprint density at radius 2 is 1.27 bits per heavy atom. The van der Waals surface area contributed by atoms with E-state index in [1.165, 1.54) is 24.3 Å². The first kappa shape index (κ1) is 36.6. The molecule has 1 aromatic rings. The molecule has 12 nitrogen and oxygen atoms in total. The van der Waals surface area contributed by atoms with Gasteiger partial charge in [-0.3, -0.25) is 19.2 Å². The summed E-state index contributed by atoms with van der Waals surface area (Å²) in [7, 11) is 0. The van der Waals surface area contributed by atoms with Gasteiger partial charge < -0.3 is 34.2 Å². The lowest BCUT2D eigenvalue weighted by Gasteiger charge is -2.41. The van der Waals surface area contributed by atoms with E-state index in [2.05, 4.69) is 0 Å². The molecule has 2 N–H and O–H groups in total. The molecule has 0 aromatic heterocycles. The van der Waals surface area contributed by atoms with Crippen molar-refractivity contribution in [1.82, 2.24) is 0 Å². The SMILES string of the molecule is CCCC(=O)Oc1ccc(CC(N)(CF)C(=O)O[C@@H]2OC[C@@H](OC(=O)CCC)[C@H](OC(=O)CCC)[C@H]2OC(=O)CCC)cc1. The Labute approximate surface area is 257 Å². The van der Waals surface area contributed by atoms with Crippen LogP contribution in [0, 0.1) is 0 Å². The van der Waals surface area contributed by atoms with E-state index in [1.54, 1.807) is 20.8 Å². The van der Waals surface area contributed by atoms with Gasteiger partial charge in [-0.1, -0.05) is 39.8 Å². The van der Waals surface area contributed by atoms with Crippen molar-refractivity contribution in [2.45, 2.75) is 116 Å². The van der Waals surface area contributed by atoms with Gasteiger partial charge in [0, 0.05) is 32.1 Å². The minimum atomic E-state index is -2.18. The van der Waals surface area contributed by atoms with E-state index in [9.17, 15) is 28.4 Å². The van der Waals surface area contributed by atoms with E-state index in [0.29, 0.717) is 31.2 Å². The van der Waals surface area contributed by atoms with Crippen molar-refractivity contribution in [1.29, 1.82) is 0 Å². The number of carbonyl (C=O) groups is 5. The van der Waals surface area contributed by atoms with E-state index in [4.69, 9.17) is 34.2 Å². The minimum absolute atomic E-state index is 0.0118. The molecule has 2 rings (SSSR count). The maximum absolute atomic E-state index is 14.3. The number of halogens is 1. The highest BCUT2D eigenvalue weighted by atomic mass is 19.1. The number of alkyl halides is 1. The fourth-order valence-corrected chi connectivity index (χ4v) is 4.30. The maximum Gasteiger partial charge on any atom is 0.331 e. The summed E-state index contributed by atoms with van der Waals surface area (Å²) in [6.45, 7) is 5.44. The first-order valence-corrected chi connectivity index (χ1v) is 15.1. The summed E-state index contributed by atoms with van der Waals surface area (Å²) in [5, 5.41) is 0. The number of hydrogen-bond donors (Lipinski definition) is 1. The van der Waals surface area contributed by atoms with Crippen molar-refractivity contribution in [3.05, 3.63) is 29.8 Å². The molecule has 1 unspecified atom stereocenters. The van der Waals surface area contributed by atoms with Crippen LogP contribution >= 0.6 is 0 Å². The van der Waals surface area contributed by atoms with E-state index in [0.717, 1.165) is 0 Å². The third-order valence-corrected chi connectivity index (χ3v) is 6.56. The molecule has 0 amide bonds. The van der Waals surface area contributed by atoms with Crippen LogP contribution in [0.5, 0.6) is 5.75 Å². The van der Waals surface area contributed by atoms with Crippen LogP contribution in [0.1, 0.15) is 84.6 Å². The molecule has 0 saturated carbocycles. The van der Waals surface area contributed by atoms with Crippen molar-refractivity contribution in [3.8, 4) is 5.75 Å². The number of ether oxygens (including phenoxy) is 6. The number of carbonyl (C=O) groups excluding carboxylic acids is 5. The van der Waals surface area contributed by atoms with Crippen LogP contribution in [0.15, 0.2) is 24.3 Å². The van der Waals surface area contributed by atoms with Gasteiger partial charge in [0.15, 0.2) is 12.2 Å². The molecular weight excluding hydrogens is 581 g/mol. The summed E-state index contributed by atoms with van der Waals surface area (Å²) in [5.74, 6) is -3.27. The Kier molecular flexibility index (Phi) is 15.2. The summed E-state index contributed by atoms with van der Waals surface area (Å²) in [5.41, 5.74) is 4.44. The highest BCUT2D eigenvalue weighted by molar-refractivity contribution is 5.81. The molecule has 0 bridgehead atoms. The van der Waals surface area contributed by atoms with Crippen molar-refractivity contribution in [2.24, 2.45) is 5.73 Å². The zero-order chi connectivity index (χ0) is 32.7. The predicted octanol–water partition coefficient (Wildman–Crippen LogP) is 3.64. The summed E-state index contributed by atoms with van der Waals surface area (Å²) in [4.78, 5) is 62.5. The number of benzene rings is 1. The molecular formula is C31H44FNO11. The number of nitrogens with two attached hydrogens (primary N) is 1. The highest BCUT2D eigenvalue weighted by Gasteiger charge is 2.51. The van der Waals surface area contributed by atoms with Gasteiger partial charge in [0.25, 0.3) is 0 Å². The maximum atomic E-state index is 14.3. The highest BCUT2D eigenvalue weighted by Crippen LogP contribution is 2.28. The fraction of sp³-hybridized carbons (Fsp3) is 0.645. The molecule has 0 spiro atoms. The Balaban J connectivity index is 2.30. The molecule has 1 saturated heterocycles. The molecule has 44 heavy (non-hydrogen) atoms. The lowest BCUT2D eigenvalue weighted by atomic mass is 9.93. The van der Waals surface area contributed by atoms with Crippen LogP contribution in [0.3, 0.4) is 0 Å². The van der Waals surface area contributed by atoms with Gasteiger partial charge in [0.2, 0.25) is 12.4 Å². The van der Waals surface area contributed by atoms with Crippen LogP contribution in [0.25, 0.3) is 0 Å². The molecule has 1 aliphatic rings. The van der Waals surface area contributed by atoms with E-state index in [1.807, 2.05) is 6.92 Å². The minimum Gasteiger partial charge on any atom is -0.456 e. The molecule has 1 aliphatic heterocycles. The van der Waals surface area contributed by atoms with Crippen LogP contribution in [0.4, 0.5) is 4.39 Å². The first-order valence-electron chi connectivity index (χ1n) is 15.1. The van der Waals surface area contributed by atoms with Crippen molar-refractivity contribution < 1.29 is 56.8 Å². The second-order valence-corrected chi connectivity index (χ2v) is 10.6. The number of rotatable bonds is 17. The normalized spacial score (nSPS) is 21.0. The third kappa shape index (κ3) is 11.2. The van der Waals surface area contributed by atoms with E-state index in [-0.39, 0.29) is 44.5 Å². The molecule has 1 fully saturated rings. The second kappa shape index (κ2) is 18.3. The van der Waals surface area contributed by atoms with Gasteiger partial charge in [-0.05, 0) is 43.4 Å². The molecule has 0 aliphatic carbocycles. The van der Waals surface area contributed by atoms with Crippen LogP contribution in [-0.4, -0.2) is 73.3 Å². The summed E-state index contributed by atoms with van der Waals surface area (Å²) in [6.07, 6.45) is -3.68. The van der Waals surface area contributed by atoms with Crippen LogP contribution in [0.2, 0.25) is 0 Å². The van der Waals surface area contributed by atoms with Gasteiger partial charge in [-0.15, -0.1) is 0 Å². The predicted molar refractivity (Wildman–Crippen MR) is 154 cm³/mol. The lowest BCUT2D eigenvalue weighted by molar-refractivity contribution is -0.277. The molecule has 0 radical (unpaired) electrons. The van der Waals surface area contributed by atoms with Gasteiger partial charge in [-0.2, -0.15) is 0 Å². The van der Waals surface area contributed by atoms with Gasteiger partial charge in [0.05, 0.1) is 6.61 Å². The first-order chi connectivity index (χ1) is 21.0. The largest absolute Gasteiger partial charge is 0.456 e. The molecule has 1 aromatic carbocycles. The zero-order valence-electron chi connectivity index (χ0n) is 25.8. The Hall–Kier alpha value is -3.58. The van der Waals surface area contributed by atoms with Gasteiger partial charge >= 0.3 is 29.8 Å². The quantitative estimate of drug-likeness (QED) is 0.152. The molecule has 5 atom stereocenters. The van der Waals surface area contributed by atoms with Gasteiger partial charge in [-0.25, -0.2) is 9.18 Å². The number of esters is 5. The summed E-state index contributed by atoms with van der Waals surface area (Å²) >= 11 is 0. The fourth-order valence-electron chi connectivity index (χ4n) is 4.30. The summed E-state index contributed by atoms with van der Waals surface area (Å²) in [6, 6.07) is 6.05. The third-order valence-electron chi connectivity index (χ3n) is 6.56. The van der Waals surface area contributed by atoms with Crippen molar-refractivity contribution >= 4 is 29.8 Å². The second-order valence-electron chi connectivity index (χ2n) is 10.6. The average molecular weight is 626 g/mol. The summed E-state index contributed by atoms with van der Waals surface area (Å²) < 4.78 is 47.3. The van der Waals surface area contributed by atoms with E-state index < -0.39 is 66.7 Å². The Bertz CT molecular complexity index is 1110. The average Bonchev–Trinajstić information content (AvgIpc) is 2.97. The van der Waals surface area contributed by atoms with Gasteiger partial charge in [0.1, 0.15) is 18.0 Å². The molecule has 13 heteroatoms. The standard InChI is InChI=1S/C31H44FNO11/c1-5-9-23(34)40-21-15-13-20(14-16-21)17-31(33,19-32)30(38)44-29-28(43-26(37)12-8-4)27(42-25(36)11-7-3)22(18-39-29)41-24(35)10-6-2/h13-16,22,27-29H,5-12,17-19,33H2,1-4H3/t22-,27+,28-,29+,31?/m1/s1. The lowest BCUT2D eigenvalue weighted by Crippen LogP contribution is -2.61. The Morgan fingerprint density at radius 3 is 1.80 bits per heavy atom. The van der Waals surface area contributed by atoms with Crippen LogP contribution in [-0.2, 0) is 54.1 Å². The topological polar surface area (TPSA) is 167 Å². The zero-order valence-corrected chi connectivity index (χ0v) is 25.8. The van der Waals surface area contributed by atoms with Crippen molar-refractivity contribution in [3.63, 3.8) is 0 Å². The smallest absolute Gasteiger partial charge is 0.331 e. The monoisotopic (exact) mass is 625 g/mol. The Morgan fingerprint density at radius 1 is 0.773 bits per heavy atom. The molecule has 1 heterocycles. The molecule has 246 valence electrons. The van der Waals surface area contributed by atoms with Crippen molar-refractivity contribution in [2.75, 3.05) is 13.3 Å².